The van der Waals surface area contributed by atoms with Crippen molar-refractivity contribution in [3.63, 3.8) is 0 Å². The summed E-state index contributed by atoms with van der Waals surface area (Å²) in [6, 6.07) is 0. The number of hydrogen-bond donors (Lipinski definition) is 1. The average Bonchev–Trinajstić information content (AvgIpc) is 2.34. The van der Waals surface area contributed by atoms with Crippen molar-refractivity contribution in [3.8, 4) is 0 Å². The van der Waals surface area contributed by atoms with Gasteiger partial charge in [-0.2, -0.15) is 0 Å². The minimum absolute atomic E-state index is 0.454. The third kappa shape index (κ3) is 2.67. The smallest absolute Gasteiger partial charge is 0.0881 e. The Kier molecular flexibility index (Phi) is 4.04. The first-order valence-electron chi connectivity index (χ1n) is 6.89. The Balaban J connectivity index is 1.92. The molecule has 1 fully saturated rings. The van der Waals surface area contributed by atoms with Gasteiger partial charge in [0.25, 0.3) is 0 Å². The fourth-order valence-corrected chi connectivity index (χ4v) is 3.04. The highest BCUT2D eigenvalue weighted by Gasteiger charge is 2.35. The van der Waals surface area contributed by atoms with Crippen molar-refractivity contribution >= 4 is 0 Å². The Morgan fingerprint density at radius 3 is 2.62 bits per heavy atom. The van der Waals surface area contributed by atoms with E-state index in [1.807, 2.05) is 0 Å². The molecule has 0 aromatic heterocycles. The Morgan fingerprint density at radius 1 is 1.31 bits per heavy atom. The SMILES string of the molecule is CCCN1CCC(O)(C2=CCCCC2)CC1. The lowest BCUT2D eigenvalue weighted by atomic mass is 9.79. The standard InChI is InChI=1S/C14H25NO/c1-2-10-15-11-8-14(16,9-12-15)13-6-4-3-5-7-13/h6,16H,2-5,7-12H2,1H3. The molecule has 1 aliphatic heterocycles. The zero-order chi connectivity index (χ0) is 11.4. The molecule has 0 amide bonds. The van der Waals surface area contributed by atoms with Crippen molar-refractivity contribution in [2.24, 2.45) is 0 Å². The van der Waals surface area contributed by atoms with Crippen molar-refractivity contribution in [2.75, 3.05) is 19.6 Å². The molecule has 0 unspecified atom stereocenters. The first-order valence-corrected chi connectivity index (χ1v) is 6.89. The molecule has 0 aromatic carbocycles. The molecule has 16 heavy (non-hydrogen) atoms. The average molecular weight is 223 g/mol. The van der Waals surface area contributed by atoms with E-state index in [4.69, 9.17) is 0 Å². The molecular weight excluding hydrogens is 198 g/mol. The number of hydrogen-bond acceptors (Lipinski definition) is 2. The third-order valence-electron chi connectivity index (χ3n) is 4.11. The van der Waals surface area contributed by atoms with Gasteiger partial charge < -0.3 is 10.0 Å². The Labute approximate surface area is 99.3 Å². The predicted molar refractivity (Wildman–Crippen MR) is 67.5 cm³/mol. The molecule has 1 saturated heterocycles. The lowest BCUT2D eigenvalue weighted by Gasteiger charge is -2.40. The largest absolute Gasteiger partial charge is 0.385 e. The fraction of sp³-hybridized carbons (Fsp3) is 0.857. The van der Waals surface area contributed by atoms with Crippen molar-refractivity contribution in [1.82, 2.24) is 4.90 Å². The third-order valence-corrected chi connectivity index (χ3v) is 4.11. The summed E-state index contributed by atoms with van der Waals surface area (Å²) >= 11 is 0. The molecule has 0 spiro atoms. The maximum atomic E-state index is 10.7. The van der Waals surface area contributed by atoms with Gasteiger partial charge in [-0.3, -0.25) is 0 Å². The number of nitrogens with zero attached hydrogens (tertiary/aromatic N) is 1. The second-order valence-corrected chi connectivity index (χ2v) is 5.35. The van der Waals surface area contributed by atoms with Gasteiger partial charge >= 0.3 is 0 Å². The molecule has 0 bridgehead atoms. The summed E-state index contributed by atoms with van der Waals surface area (Å²) in [5, 5.41) is 10.7. The predicted octanol–water partition coefficient (Wildman–Crippen LogP) is 2.72. The number of piperidine rings is 1. The van der Waals surface area contributed by atoms with Crippen molar-refractivity contribution in [3.05, 3.63) is 11.6 Å². The Morgan fingerprint density at radius 2 is 2.06 bits per heavy atom. The Hall–Kier alpha value is -0.340. The van der Waals surface area contributed by atoms with Crippen LogP contribution in [0.1, 0.15) is 51.9 Å². The van der Waals surface area contributed by atoms with Crippen molar-refractivity contribution < 1.29 is 5.11 Å². The molecule has 0 aromatic rings. The van der Waals surface area contributed by atoms with Gasteiger partial charge in [0, 0.05) is 13.1 Å². The first kappa shape index (κ1) is 12.1. The highest BCUT2D eigenvalue weighted by Crippen LogP contribution is 2.35. The summed E-state index contributed by atoms with van der Waals surface area (Å²) in [6.45, 7) is 5.56. The molecule has 2 nitrogen and oxygen atoms in total. The molecule has 0 radical (unpaired) electrons. The summed E-state index contributed by atoms with van der Waals surface area (Å²) in [7, 11) is 0. The summed E-state index contributed by atoms with van der Waals surface area (Å²) in [5.41, 5.74) is 0.889. The summed E-state index contributed by atoms with van der Waals surface area (Å²) in [5.74, 6) is 0. The number of rotatable bonds is 3. The van der Waals surface area contributed by atoms with Gasteiger partial charge in [-0.25, -0.2) is 0 Å². The van der Waals surface area contributed by atoms with Gasteiger partial charge in [0.1, 0.15) is 0 Å². The van der Waals surface area contributed by atoms with Crippen LogP contribution in [0.3, 0.4) is 0 Å². The number of allylic oxidation sites excluding steroid dienone is 1. The molecule has 0 saturated carbocycles. The molecular formula is C14H25NO. The lowest BCUT2D eigenvalue weighted by molar-refractivity contribution is 0.00583. The van der Waals surface area contributed by atoms with Crippen molar-refractivity contribution in [1.29, 1.82) is 0 Å². The lowest BCUT2D eigenvalue weighted by Crippen LogP contribution is -2.45. The molecule has 2 heteroatoms. The zero-order valence-corrected chi connectivity index (χ0v) is 10.5. The second kappa shape index (κ2) is 5.33. The summed E-state index contributed by atoms with van der Waals surface area (Å²) in [6.07, 6.45) is 10.3. The molecule has 2 rings (SSSR count). The van der Waals surface area contributed by atoms with Gasteiger partial charge in [0.05, 0.1) is 5.60 Å². The van der Waals surface area contributed by atoms with Crippen LogP contribution in [0.4, 0.5) is 0 Å². The highest BCUT2D eigenvalue weighted by molar-refractivity contribution is 5.19. The van der Waals surface area contributed by atoms with E-state index in [1.54, 1.807) is 0 Å². The van der Waals surface area contributed by atoms with Gasteiger partial charge in [-0.1, -0.05) is 13.0 Å². The summed E-state index contributed by atoms with van der Waals surface area (Å²) in [4.78, 5) is 2.48. The first-order chi connectivity index (χ1) is 7.74. The molecule has 1 N–H and O–H groups in total. The molecule has 1 aliphatic carbocycles. The molecule has 0 atom stereocenters. The van der Waals surface area contributed by atoms with E-state index in [0.717, 1.165) is 32.4 Å². The monoisotopic (exact) mass is 223 g/mol. The van der Waals surface area contributed by atoms with Crippen LogP contribution in [0, 0.1) is 0 Å². The van der Waals surface area contributed by atoms with E-state index >= 15 is 0 Å². The van der Waals surface area contributed by atoms with Gasteiger partial charge in [-0.05, 0) is 57.1 Å². The highest BCUT2D eigenvalue weighted by atomic mass is 16.3. The van der Waals surface area contributed by atoms with Crippen LogP contribution in [-0.4, -0.2) is 35.2 Å². The van der Waals surface area contributed by atoms with E-state index in [1.165, 1.54) is 37.8 Å². The zero-order valence-electron chi connectivity index (χ0n) is 10.5. The van der Waals surface area contributed by atoms with E-state index in [-0.39, 0.29) is 0 Å². The van der Waals surface area contributed by atoms with Crippen LogP contribution in [0.15, 0.2) is 11.6 Å². The number of aliphatic hydroxyl groups is 1. The van der Waals surface area contributed by atoms with Gasteiger partial charge in [0.15, 0.2) is 0 Å². The van der Waals surface area contributed by atoms with Crippen LogP contribution in [0.2, 0.25) is 0 Å². The van der Waals surface area contributed by atoms with Crippen molar-refractivity contribution in [2.45, 2.75) is 57.5 Å². The van der Waals surface area contributed by atoms with E-state index < -0.39 is 5.60 Å². The topological polar surface area (TPSA) is 23.5 Å². The van der Waals surface area contributed by atoms with E-state index in [9.17, 15) is 5.11 Å². The molecule has 1 heterocycles. The van der Waals surface area contributed by atoms with Crippen LogP contribution in [0.5, 0.6) is 0 Å². The Bertz CT molecular complexity index is 251. The molecule has 2 aliphatic rings. The quantitative estimate of drug-likeness (QED) is 0.744. The minimum Gasteiger partial charge on any atom is -0.385 e. The van der Waals surface area contributed by atoms with E-state index in [2.05, 4.69) is 17.9 Å². The maximum Gasteiger partial charge on any atom is 0.0881 e. The summed E-state index contributed by atoms with van der Waals surface area (Å²) < 4.78 is 0. The van der Waals surface area contributed by atoms with Gasteiger partial charge in [0.2, 0.25) is 0 Å². The van der Waals surface area contributed by atoms with E-state index in [0.29, 0.717) is 0 Å². The minimum atomic E-state index is -0.454. The molecule has 92 valence electrons. The second-order valence-electron chi connectivity index (χ2n) is 5.35. The fourth-order valence-electron chi connectivity index (χ4n) is 3.04. The van der Waals surface area contributed by atoms with Crippen LogP contribution in [-0.2, 0) is 0 Å². The van der Waals surface area contributed by atoms with Crippen LogP contribution in [0.25, 0.3) is 0 Å². The van der Waals surface area contributed by atoms with Crippen LogP contribution < -0.4 is 0 Å². The van der Waals surface area contributed by atoms with Gasteiger partial charge in [-0.15, -0.1) is 0 Å². The number of likely N-dealkylation sites (tertiary alicyclic amines) is 1. The van der Waals surface area contributed by atoms with Crippen LogP contribution >= 0.6 is 0 Å². The normalized spacial score (nSPS) is 26.5. The maximum absolute atomic E-state index is 10.7.